The third-order valence-corrected chi connectivity index (χ3v) is 6.45. The Kier molecular flexibility index (Phi) is 9.23. The van der Waals surface area contributed by atoms with Crippen LogP contribution in [-0.4, -0.2) is 22.1 Å². The molecule has 0 fully saturated rings. The summed E-state index contributed by atoms with van der Waals surface area (Å²) in [5, 5.41) is 13.8. The Hall–Kier alpha value is -3.42. The zero-order valence-corrected chi connectivity index (χ0v) is 21.7. The number of H-pyrrole nitrogens is 1. The van der Waals surface area contributed by atoms with E-state index in [0.717, 1.165) is 25.1 Å². The van der Waals surface area contributed by atoms with Crippen LogP contribution in [0.25, 0.3) is 10.9 Å². The van der Waals surface area contributed by atoms with Crippen molar-refractivity contribution in [3.05, 3.63) is 101 Å². The van der Waals surface area contributed by atoms with E-state index in [0.29, 0.717) is 11.5 Å². The van der Waals surface area contributed by atoms with Crippen molar-refractivity contribution in [1.29, 1.82) is 5.26 Å². The third kappa shape index (κ3) is 8.09. The molecule has 0 spiro atoms. The molecular formula is C31H38N4. The summed E-state index contributed by atoms with van der Waals surface area (Å²) in [5.41, 5.74) is 6.83. The van der Waals surface area contributed by atoms with Gasteiger partial charge >= 0.3 is 0 Å². The fourth-order valence-electron chi connectivity index (χ4n) is 3.99. The molecule has 0 aliphatic rings. The number of hydrogen-bond donors (Lipinski definition) is 2. The first-order valence-corrected chi connectivity index (χ1v) is 12.5. The van der Waals surface area contributed by atoms with Crippen LogP contribution < -0.4 is 5.32 Å². The van der Waals surface area contributed by atoms with Gasteiger partial charge in [-0.05, 0) is 80.6 Å². The molecule has 0 saturated carbocycles. The number of nitrogens with one attached hydrogen (secondary N) is 2. The van der Waals surface area contributed by atoms with Crippen LogP contribution in [-0.2, 0) is 12.8 Å². The summed E-state index contributed by atoms with van der Waals surface area (Å²) in [6, 6.07) is 23.0. The van der Waals surface area contributed by atoms with E-state index in [9.17, 15) is 0 Å². The van der Waals surface area contributed by atoms with Gasteiger partial charge in [-0.15, -0.1) is 0 Å². The van der Waals surface area contributed by atoms with Crippen LogP contribution in [0.4, 0.5) is 0 Å². The van der Waals surface area contributed by atoms with Gasteiger partial charge in [0.15, 0.2) is 0 Å². The van der Waals surface area contributed by atoms with E-state index in [4.69, 9.17) is 5.26 Å². The summed E-state index contributed by atoms with van der Waals surface area (Å²) in [6.45, 7) is 12.2. The largest absolute Gasteiger partial charge is 0.361 e. The molecule has 2 heterocycles. The molecule has 4 heteroatoms. The lowest BCUT2D eigenvalue weighted by atomic mass is 9.93. The lowest BCUT2D eigenvalue weighted by molar-refractivity contribution is 0.350. The van der Waals surface area contributed by atoms with Gasteiger partial charge in [-0.3, -0.25) is 4.98 Å². The zero-order chi connectivity index (χ0) is 25.3. The Labute approximate surface area is 210 Å². The molecule has 0 aliphatic heterocycles. The van der Waals surface area contributed by atoms with Gasteiger partial charge in [-0.25, -0.2) is 0 Å². The van der Waals surface area contributed by atoms with Crippen LogP contribution >= 0.6 is 0 Å². The van der Waals surface area contributed by atoms with E-state index in [1.54, 1.807) is 6.20 Å². The lowest BCUT2D eigenvalue weighted by Crippen LogP contribution is -2.43. The highest BCUT2D eigenvalue weighted by molar-refractivity contribution is 5.82. The first kappa shape index (κ1) is 26.2. The molecule has 1 atom stereocenters. The second kappa shape index (κ2) is 12.3. The highest BCUT2D eigenvalue weighted by atomic mass is 15.0. The standard InChI is InChI=1S/C22H29N3.C9H9N/c1-5-17(2)15-25-22(3,4)13-19-8-6-18(7-9-19)12-21-11-10-20(14-23)16-24-21;1-7-3-2-4-9-8(7)5-6-10-9/h6-11,16-17,25H,5,12-13,15H2,1-4H3;2-6,10H,1H3. The van der Waals surface area contributed by atoms with E-state index < -0.39 is 0 Å². The molecule has 2 aromatic carbocycles. The van der Waals surface area contributed by atoms with Gasteiger partial charge in [0.25, 0.3) is 0 Å². The number of fused-ring (bicyclic) bond motifs is 1. The van der Waals surface area contributed by atoms with Crippen molar-refractivity contribution >= 4 is 10.9 Å². The minimum Gasteiger partial charge on any atom is -0.361 e. The van der Waals surface area contributed by atoms with E-state index in [1.807, 2.05) is 18.3 Å². The molecule has 2 aromatic heterocycles. The molecule has 4 aromatic rings. The number of benzene rings is 2. The van der Waals surface area contributed by atoms with Crippen LogP contribution in [0.15, 0.2) is 73.1 Å². The van der Waals surface area contributed by atoms with Gasteiger partial charge in [0.2, 0.25) is 0 Å². The summed E-state index contributed by atoms with van der Waals surface area (Å²) >= 11 is 0. The van der Waals surface area contributed by atoms with Crippen LogP contribution in [0.2, 0.25) is 0 Å². The van der Waals surface area contributed by atoms with Crippen molar-refractivity contribution in [3.63, 3.8) is 0 Å². The minimum absolute atomic E-state index is 0.0969. The number of hydrogen-bond acceptors (Lipinski definition) is 3. The molecule has 182 valence electrons. The summed E-state index contributed by atoms with van der Waals surface area (Å²) in [7, 11) is 0. The van der Waals surface area contributed by atoms with E-state index in [-0.39, 0.29) is 5.54 Å². The monoisotopic (exact) mass is 466 g/mol. The average molecular weight is 467 g/mol. The second-order valence-corrected chi connectivity index (χ2v) is 10.1. The molecule has 4 nitrogen and oxygen atoms in total. The predicted molar refractivity (Wildman–Crippen MR) is 146 cm³/mol. The molecule has 4 rings (SSSR count). The van der Waals surface area contributed by atoms with Crippen molar-refractivity contribution in [1.82, 2.24) is 15.3 Å². The van der Waals surface area contributed by atoms with Gasteiger partial charge in [-0.2, -0.15) is 5.26 Å². The summed E-state index contributed by atoms with van der Waals surface area (Å²) in [6.07, 6.45) is 6.62. The minimum atomic E-state index is 0.0969. The Bertz CT molecular complexity index is 1230. The van der Waals surface area contributed by atoms with Crippen molar-refractivity contribution in [2.45, 2.75) is 59.4 Å². The fourth-order valence-corrected chi connectivity index (χ4v) is 3.99. The molecule has 0 amide bonds. The topological polar surface area (TPSA) is 64.5 Å². The molecule has 0 aliphatic carbocycles. The SMILES string of the molecule is CCC(C)CNC(C)(C)Cc1ccc(Cc2ccc(C#N)cn2)cc1.Cc1cccc2[nH]ccc12. The molecule has 0 bridgehead atoms. The van der Waals surface area contributed by atoms with Crippen molar-refractivity contribution < 1.29 is 0 Å². The summed E-state index contributed by atoms with van der Waals surface area (Å²) < 4.78 is 0. The molecular weight excluding hydrogens is 428 g/mol. The second-order valence-electron chi connectivity index (χ2n) is 10.1. The van der Waals surface area contributed by atoms with Crippen LogP contribution in [0.5, 0.6) is 0 Å². The third-order valence-electron chi connectivity index (χ3n) is 6.45. The number of nitrogens with zero attached hydrogens (tertiary/aromatic N) is 2. The molecule has 1 unspecified atom stereocenters. The number of aryl methyl sites for hydroxylation is 1. The molecule has 35 heavy (non-hydrogen) atoms. The van der Waals surface area contributed by atoms with Gasteiger partial charge < -0.3 is 10.3 Å². The zero-order valence-electron chi connectivity index (χ0n) is 21.7. The summed E-state index contributed by atoms with van der Waals surface area (Å²) in [4.78, 5) is 7.50. The average Bonchev–Trinajstić information content (AvgIpc) is 3.35. The smallest absolute Gasteiger partial charge is 0.101 e. The Morgan fingerprint density at radius 2 is 1.77 bits per heavy atom. The van der Waals surface area contributed by atoms with Crippen LogP contribution in [0.3, 0.4) is 0 Å². The van der Waals surface area contributed by atoms with Crippen LogP contribution in [0.1, 0.15) is 62.1 Å². The fraction of sp³-hybridized carbons (Fsp3) is 0.355. The Morgan fingerprint density at radius 1 is 1.03 bits per heavy atom. The highest BCUT2D eigenvalue weighted by Gasteiger charge is 2.18. The van der Waals surface area contributed by atoms with Gasteiger partial charge in [0.1, 0.15) is 6.07 Å². The van der Waals surface area contributed by atoms with Gasteiger partial charge in [-0.1, -0.05) is 56.7 Å². The number of aromatic amines is 1. The Morgan fingerprint density at radius 3 is 2.40 bits per heavy atom. The van der Waals surface area contributed by atoms with Crippen molar-refractivity contribution in [2.24, 2.45) is 5.92 Å². The van der Waals surface area contributed by atoms with Crippen molar-refractivity contribution in [2.75, 3.05) is 6.54 Å². The maximum atomic E-state index is 8.83. The van der Waals surface area contributed by atoms with E-state index >= 15 is 0 Å². The molecule has 2 N–H and O–H groups in total. The number of aromatic nitrogens is 2. The van der Waals surface area contributed by atoms with Crippen LogP contribution in [0, 0.1) is 24.2 Å². The maximum Gasteiger partial charge on any atom is 0.101 e. The highest BCUT2D eigenvalue weighted by Crippen LogP contribution is 2.17. The first-order valence-electron chi connectivity index (χ1n) is 12.5. The number of rotatable bonds is 8. The number of pyridine rings is 1. The van der Waals surface area contributed by atoms with Crippen molar-refractivity contribution in [3.8, 4) is 6.07 Å². The molecule has 0 radical (unpaired) electrons. The summed E-state index contributed by atoms with van der Waals surface area (Å²) in [5.74, 6) is 0.710. The van der Waals surface area contributed by atoms with Gasteiger partial charge in [0.05, 0.1) is 5.56 Å². The molecule has 0 saturated heterocycles. The quantitative estimate of drug-likeness (QED) is 0.294. The Balaban J connectivity index is 0.000000281. The van der Waals surface area contributed by atoms with Gasteiger partial charge in [0, 0.05) is 41.0 Å². The van der Waals surface area contributed by atoms with E-state index in [2.05, 4.69) is 105 Å². The lowest BCUT2D eigenvalue weighted by Gasteiger charge is -2.28. The maximum absolute atomic E-state index is 8.83. The first-order chi connectivity index (χ1) is 16.8. The predicted octanol–water partition coefficient (Wildman–Crippen LogP) is 6.98. The normalized spacial score (nSPS) is 12.0. The van der Waals surface area contributed by atoms with E-state index in [1.165, 1.54) is 34.0 Å². The number of nitriles is 1.